The number of phenolic OH excluding ortho intramolecular Hbond substituents is 1. The van der Waals surface area contributed by atoms with Crippen LogP contribution in [0.4, 0.5) is 0 Å². The number of aromatic nitrogens is 1. The first-order chi connectivity index (χ1) is 16.4. The summed E-state index contributed by atoms with van der Waals surface area (Å²) in [6.07, 6.45) is 3.50. The molecule has 9 heteroatoms. The Bertz CT molecular complexity index is 1320. The van der Waals surface area contributed by atoms with Gasteiger partial charge in [-0.15, -0.1) is 0 Å². The van der Waals surface area contributed by atoms with Crippen molar-refractivity contribution in [1.82, 2.24) is 4.98 Å². The molecule has 0 aliphatic rings. The SMILES string of the molecule is O=C(Oc1ccc(O)c(S(=O)(=O)OC(=O)c2ccccc2)c1)c1ccccc1.c1ccncc1. The average molecular weight is 477 g/mol. The number of ether oxygens (including phenoxy) is 1. The van der Waals surface area contributed by atoms with Gasteiger partial charge in [0.2, 0.25) is 0 Å². The molecule has 1 N–H and O–H groups in total. The zero-order chi connectivity index (χ0) is 24.4. The number of aromatic hydroxyl groups is 1. The number of carbonyl (C=O) groups is 2. The first-order valence-corrected chi connectivity index (χ1v) is 11.3. The van der Waals surface area contributed by atoms with Crippen molar-refractivity contribution in [3.05, 3.63) is 121 Å². The molecular formula is C25H19NO7S. The van der Waals surface area contributed by atoms with E-state index in [0.29, 0.717) is 0 Å². The maximum atomic E-state index is 12.4. The maximum Gasteiger partial charge on any atom is 0.354 e. The fraction of sp³-hybridized carbons (Fsp3) is 0. The highest BCUT2D eigenvalue weighted by Gasteiger charge is 2.26. The Hall–Kier alpha value is -4.50. The topological polar surface area (TPSA) is 120 Å². The van der Waals surface area contributed by atoms with Crippen LogP contribution in [0.3, 0.4) is 0 Å². The molecule has 8 nitrogen and oxygen atoms in total. The molecule has 0 unspecified atom stereocenters. The number of hydrogen-bond donors (Lipinski definition) is 1. The third-order valence-electron chi connectivity index (χ3n) is 4.18. The summed E-state index contributed by atoms with van der Waals surface area (Å²) in [6, 6.07) is 24.5. The fourth-order valence-corrected chi connectivity index (χ4v) is 3.55. The van der Waals surface area contributed by atoms with Gasteiger partial charge < -0.3 is 14.0 Å². The number of nitrogens with zero attached hydrogens (tertiary/aromatic N) is 1. The molecule has 34 heavy (non-hydrogen) atoms. The van der Waals surface area contributed by atoms with Crippen molar-refractivity contribution in [3.63, 3.8) is 0 Å². The lowest BCUT2D eigenvalue weighted by atomic mass is 10.2. The summed E-state index contributed by atoms with van der Waals surface area (Å²) in [6.45, 7) is 0. The van der Waals surface area contributed by atoms with E-state index in [2.05, 4.69) is 9.17 Å². The van der Waals surface area contributed by atoms with Crippen LogP contribution in [0.5, 0.6) is 11.5 Å². The highest BCUT2D eigenvalue weighted by atomic mass is 32.2. The number of carbonyl (C=O) groups excluding carboxylic acids is 2. The second kappa shape index (κ2) is 11.4. The van der Waals surface area contributed by atoms with Crippen LogP contribution in [0.1, 0.15) is 20.7 Å². The van der Waals surface area contributed by atoms with E-state index in [4.69, 9.17) is 4.74 Å². The standard InChI is InChI=1S/C20H14O7S.C5H5N/c21-17-12-11-16(26-19(22)14-7-3-1-4-8-14)13-18(17)28(24,25)27-20(23)15-9-5-2-6-10-15;1-2-4-6-5-3-1/h1-13,21H;1-5H. The summed E-state index contributed by atoms with van der Waals surface area (Å²) in [5.74, 6) is -2.61. The van der Waals surface area contributed by atoms with Gasteiger partial charge in [-0.2, -0.15) is 8.42 Å². The summed E-state index contributed by atoms with van der Waals surface area (Å²) in [5.41, 5.74) is 0.285. The van der Waals surface area contributed by atoms with E-state index in [1.54, 1.807) is 48.8 Å². The molecule has 4 rings (SSSR count). The summed E-state index contributed by atoms with van der Waals surface area (Å²) in [7, 11) is -4.65. The third-order valence-corrected chi connectivity index (χ3v) is 5.42. The zero-order valence-corrected chi connectivity index (χ0v) is 18.5. The lowest BCUT2D eigenvalue weighted by Crippen LogP contribution is -2.14. The van der Waals surface area contributed by atoms with E-state index in [1.165, 1.54) is 30.3 Å². The predicted molar refractivity (Wildman–Crippen MR) is 123 cm³/mol. The molecule has 0 atom stereocenters. The summed E-state index contributed by atoms with van der Waals surface area (Å²) < 4.78 is 34.5. The molecule has 0 fully saturated rings. The Labute approximate surface area is 196 Å². The van der Waals surface area contributed by atoms with E-state index in [1.807, 2.05) is 18.2 Å². The van der Waals surface area contributed by atoms with Crippen LogP contribution in [-0.4, -0.2) is 30.4 Å². The van der Waals surface area contributed by atoms with Crippen molar-refractivity contribution in [2.45, 2.75) is 4.90 Å². The Morgan fingerprint density at radius 1 is 0.706 bits per heavy atom. The number of esters is 1. The molecule has 3 aromatic carbocycles. The Balaban J connectivity index is 0.000000469. The quantitative estimate of drug-likeness (QED) is 0.257. The second-order valence-corrected chi connectivity index (χ2v) is 8.12. The van der Waals surface area contributed by atoms with E-state index >= 15 is 0 Å². The van der Waals surface area contributed by atoms with Crippen LogP contribution in [0.15, 0.2) is 114 Å². The average Bonchev–Trinajstić information content (AvgIpc) is 2.87. The molecular weight excluding hydrogens is 458 g/mol. The monoisotopic (exact) mass is 477 g/mol. The van der Waals surface area contributed by atoms with Gasteiger partial charge in [-0.25, -0.2) is 9.59 Å². The minimum atomic E-state index is -4.65. The van der Waals surface area contributed by atoms with Crippen molar-refractivity contribution in [2.75, 3.05) is 0 Å². The van der Waals surface area contributed by atoms with Crippen LogP contribution in [0, 0.1) is 0 Å². The van der Waals surface area contributed by atoms with Gasteiger partial charge in [0, 0.05) is 18.5 Å². The number of rotatable bonds is 5. The number of hydrogen-bond acceptors (Lipinski definition) is 8. The minimum absolute atomic E-state index is 0.0252. The number of phenols is 1. The Morgan fingerprint density at radius 3 is 1.74 bits per heavy atom. The molecule has 0 amide bonds. The molecule has 0 radical (unpaired) electrons. The summed E-state index contributed by atoms with van der Waals surface area (Å²) in [4.78, 5) is 27.2. The molecule has 0 saturated heterocycles. The van der Waals surface area contributed by atoms with Gasteiger partial charge in [0.15, 0.2) is 4.90 Å². The van der Waals surface area contributed by atoms with E-state index in [0.717, 1.165) is 12.1 Å². The van der Waals surface area contributed by atoms with Crippen LogP contribution in [-0.2, 0) is 14.3 Å². The summed E-state index contributed by atoms with van der Waals surface area (Å²) in [5, 5.41) is 9.89. The molecule has 172 valence electrons. The highest BCUT2D eigenvalue weighted by Crippen LogP contribution is 2.29. The fourth-order valence-electron chi connectivity index (χ4n) is 2.58. The lowest BCUT2D eigenvalue weighted by molar-refractivity contribution is 0.0725. The van der Waals surface area contributed by atoms with E-state index in [9.17, 15) is 23.1 Å². The Morgan fingerprint density at radius 2 is 1.24 bits per heavy atom. The smallest absolute Gasteiger partial charge is 0.354 e. The van der Waals surface area contributed by atoms with Crippen molar-refractivity contribution in [1.29, 1.82) is 0 Å². The van der Waals surface area contributed by atoms with E-state index < -0.39 is 32.7 Å². The molecule has 0 aliphatic carbocycles. The molecule has 1 aromatic heterocycles. The summed E-state index contributed by atoms with van der Waals surface area (Å²) >= 11 is 0. The first-order valence-electron chi connectivity index (χ1n) is 9.86. The molecule has 4 aromatic rings. The lowest BCUT2D eigenvalue weighted by Gasteiger charge is -2.10. The van der Waals surface area contributed by atoms with Crippen LogP contribution < -0.4 is 4.74 Å². The van der Waals surface area contributed by atoms with Gasteiger partial charge in [-0.1, -0.05) is 42.5 Å². The highest BCUT2D eigenvalue weighted by molar-refractivity contribution is 7.87. The maximum absolute atomic E-state index is 12.4. The predicted octanol–water partition coefficient (Wildman–Crippen LogP) is 4.24. The van der Waals surface area contributed by atoms with Crippen molar-refractivity contribution in [2.24, 2.45) is 0 Å². The van der Waals surface area contributed by atoms with Crippen LogP contribution >= 0.6 is 0 Å². The third kappa shape index (κ3) is 6.75. The van der Waals surface area contributed by atoms with Gasteiger partial charge in [-0.3, -0.25) is 4.98 Å². The van der Waals surface area contributed by atoms with Crippen LogP contribution in [0.25, 0.3) is 0 Å². The van der Waals surface area contributed by atoms with Gasteiger partial charge in [0.25, 0.3) is 0 Å². The minimum Gasteiger partial charge on any atom is -0.506 e. The second-order valence-electron chi connectivity index (χ2n) is 6.60. The largest absolute Gasteiger partial charge is 0.506 e. The van der Waals surface area contributed by atoms with Crippen molar-refractivity contribution in [3.8, 4) is 11.5 Å². The van der Waals surface area contributed by atoms with Gasteiger partial charge in [-0.05, 0) is 48.5 Å². The van der Waals surface area contributed by atoms with Crippen molar-refractivity contribution >= 4 is 22.1 Å². The van der Waals surface area contributed by atoms with Gasteiger partial charge in [0.05, 0.1) is 11.1 Å². The molecule has 0 spiro atoms. The number of benzene rings is 3. The van der Waals surface area contributed by atoms with E-state index in [-0.39, 0.29) is 16.9 Å². The normalized spacial score (nSPS) is 10.4. The number of pyridine rings is 1. The molecule has 0 aliphatic heterocycles. The molecule has 0 bridgehead atoms. The van der Waals surface area contributed by atoms with Crippen LogP contribution in [0.2, 0.25) is 0 Å². The Kier molecular flexibility index (Phi) is 8.09. The molecule has 1 heterocycles. The molecule has 0 saturated carbocycles. The van der Waals surface area contributed by atoms with Gasteiger partial charge >= 0.3 is 22.1 Å². The zero-order valence-electron chi connectivity index (χ0n) is 17.6. The van der Waals surface area contributed by atoms with Crippen molar-refractivity contribution < 1.29 is 32.0 Å². The van der Waals surface area contributed by atoms with Gasteiger partial charge in [0.1, 0.15) is 11.5 Å². The first kappa shape index (κ1) is 24.1.